The first-order valence-corrected chi connectivity index (χ1v) is 12.2. The molecule has 0 fully saturated rings. The number of para-hydroxylation sites is 1. The maximum atomic E-state index is 14.5. The predicted octanol–water partition coefficient (Wildman–Crippen LogP) is 4.17. The highest BCUT2D eigenvalue weighted by atomic mass is 19.1. The Morgan fingerprint density at radius 3 is 2.89 bits per heavy atom. The zero-order chi connectivity index (χ0) is 25.6. The standard InChI is InChI=1S/C27H29FN4O5/c1-34-26-19(28)6-4-7-20(26)31-25-22-23-17(15-30-27(22)33)5-2-3-10-35-11-12-36-13-14-37-21-16-29-9-8-18(21)24(25)32-23/h2-4,6-9,16-17,31-32H,5,10-15H2,1H3,(H,30,33)/b3-2-. The van der Waals surface area contributed by atoms with Crippen LogP contribution in [0.5, 0.6) is 11.5 Å². The first kappa shape index (κ1) is 24.8. The van der Waals surface area contributed by atoms with Gasteiger partial charge in [0, 0.05) is 29.9 Å². The number of methoxy groups -OCH3 is 1. The molecule has 4 heterocycles. The van der Waals surface area contributed by atoms with Crippen molar-refractivity contribution in [1.29, 1.82) is 0 Å². The number of aromatic nitrogens is 2. The van der Waals surface area contributed by atoms with Crippen LogP contribution in [0.4, 0.5) is 15.8 Å². The van der Waals surface area contributed by atoms with E-state index >= 15 is 0 Å². The summed E-state index contributed by atoms with van der Waals surface area (Å²) in [5.74, 6) is -0.160. The molecule has 0 saturated heterocycles. The number of rotatable bonds is 3. The number of aromatic amines is 1. The van der Waals surface area contributed by atoms with Crippen molar-refractivity contribution >= 4 is 17.3 Å². The molecule has 1 unspecified atom stereocenters. The molecule has 37 heavy (non-hydrogen) atoms. The fourth-order valence-electron chi connectivity index (χ4n) is 4.56. The number of ether oxygens (including phenoxy) is 4. The van der Waals surface area contributed by atoms with Crippen LogP contribution < -0.4 is 20.1 Å². The van der Waals surface area contributed by atoms with Crippen molar-refractivity contribution in [3.05, 3.63) is 65.9 Å². The maximum absolute atomic E-state index is 14.5. The molecule has 0 spiro atoms. The van der Waals surface area contributed by atoms with Crippen LogP contribution in [0.2, 0.25) is 0 Å². The Morgan fingerprint density at radius 2 is 2.00 bits per heavy atom. The summed E-state index contributed by atoms with van der Waals surface area (Å²) in [6.07, 6.45) is 7.99. The van der Waals surface area contributed by atoms with Crippen molar-refractivity contribution in [2.75, 3.05) is 52.0 Å². The van der Waals surface area contributed by atoms with Gasteiger partial charge in [-0.3, -0.25) is 9.78 Å². The molecule has 2 bridgehead atoms. The fourth-order valence-corrected chi connectivity index (χ4v) is 4.56. The van der Waals surface area contributed by atoms with E-state index in [4.69, 9.17) is 18.9 Å². The van der Waals surface area contributed by atoms with Crippen molar-refractivity contribution in [2.24, 2.45) is 0 Å². The van der Waals surface area contributed by atoms with Gasteiger partial charge in [0.25, 0.3) is 5.91 Å². The minimum Gasteiger partial charge on any atom is -0.492 e. The van der Waals surface area contributed by atoms with E-state index in [1.165, 1.54) is 13.2 Å². The van der Waals surface area contributed by atoms with Gasteiger partial charge in [-0.05, 0) is 24.6 Å². The number of carbonyl (C=O) groups excluding carboxylic acids is 1. The van der Waals surface area contributed by atoms with Crippen molar-refractivity contribution < 1.29 is 28.1 Å². The number of nitrogens with zero attached hydrogens (tertiary/aromatic N) is 1. The molecule has 1 aromatic carbocycles. The highest BCUT2D eigenvalue weighted by molar-refractivity contribution is 6.07. The van der Waals surface area contributed by atoms with Gasteiger partial charge in [-0.25, -0.2) is 4.39 Å². The van der Waals surface area contributed by atoms with Crippen LogP contribution in [-0.4, -0.2) is 62.6 Å². The van der Waals surface area contributed by atoms with Crippen LogP contribution in [0, 0.1) is 5.82 Å². The van der Waals surface area contributed by atoms with Crippen molar-refractivity contribution in [3.63, 3.8) is 0 Å². The molecule has 2 aromatic heterocycles. The Bertz CT molecular complexity index is 1290. The number of H-pyrrole nitrogens is 1. The van der Waals surface area contributed by atoms with Crippen LogP contribution in [0.15, 0.2) is 48.8 Å². The Morgan fingerprint density at radius 1 is 1.14 bits per heavy atom. The molecule has 0 saturated carbocycles. The quantitative estimate of drug-likeness (QED) is 0.456. The molecule has 0 radical (unpaired) electrons. The molecule has 10 heteroatoms. The van der Waals surface area contributed by atoms with Gasteiger partial charge in [-0.1, -0.05) is 18.2 Å². The number of amides is 1. The Hall–Kier alpha value is -3.89. The van der Waals surface area contributed by atoms with Crippen molar-refractivity contribution in [2.45, 2.75) is 12.3 Å². The van der Waals surface area contributed by atoms with E-state index in [1.54, 1.807) is 24.5 Å². The lowest BCUT2D eigenvalue weighted by atomic mass is 9.93. The first-order valence-electron chi connectivity index (χ1n) is 12.2. The van der Waals surface area contributed by atoms with E-state index in [2.05, 4.69) is 26.7 Å². The van der Waals surface area contributed by atoms with E-state index < -0.39 is 5.82 Å². The van der Waals surface area contributed by atoms with Crippen LogP contribution in [0.1, 0.15) is 28.4 Å². The second-order valence-corrected chi connectivity index (χ2v) is 8.63. The van der Waals surface area contributed by atoms with Gasteiger partial charge in [0.2, 0.25) is 0 Å². The van der Waals surface area contributed by atoms with Gasteiger partial charge in [-0.2, -0.15) is 0 Å². The summed E-state index contributed by atoms with van der Waals surface area (Å²) in [7, 11) is 1.40. The van der Waals surface area contributed by atoms with Crippen LogP contribution in [0.3, 0.4) is 0 Å². The van der Waals surface area contributed by atoms with Crippen LogP contribution >= 0.6 is 0 Å². The van der Waals surface area contributed by atoms with Gasteiger partial charge >= 0.3 is 0 Å². The lowest BCUT2D eigenvalue weighted by molar-refractivity contribution is 0.0449. The number of halogens is 1. The summed E-state index contributed by atoms with van der Waals surface area (Å²) in [6, 6.07) is 6.42. The third-order valence-electron chi connectivity index (χ3n) is 6.32. The second kappa shape index (κ2) is 11.4. The van der Waals surface area contributed by atoms with Crippen LogP contribution in [-0.2, 0) is 9.47 Å². The zero-order valence-corrected chi connectivity index (χ0v) is 20.5. The number of nitrogens with one attached hydrogen (secondary N) is 3. The molecule has 0 aliphatic carbocycles. The average molecular weight is 509 g/mol. The minimum absolute atomic E-state index is 0.00197. The molecule has 5 rings (SSSR count). The number of anilines is 2. The molecular weight excluding hydrogens is 479 g/mol. The second-order valence-electron chi connectivity index (χ2n) is 8.63. The van der Waals surface area contributed by atoms with E-state index in [-0.39, 0.29) is 17.6 Å². The molecular formula is C27H29FN4O5. The lowest BCUT2D eigenvalue weighted by Gasteiger charge is -2.23. The number of allylic oxidation sites excluding steroid dienone is 1. The summed E-state index contributed by atoms with van der Waals surface area (Å²) in [6.45, 7) is 2.61. The van der Waals surface area contributed by atoms with E-state index in [0.29, 0.717) is 79.9 Å². The molecule has 194 valence electrons. The van der Waals surface area contributed by atoms with E-state index in [9.17, 15) is 9.18 Å². The summed E-state index contributed by atoms with van der Waals surface area (Å²) in [4.78, 5) is 20.9. The van der Waals surface area contributed by atoms with Gasteiger partial charge in [0.15, 0.2) is 11.6 Å². The minimum atomic E-state index is -0.512. The molecule has 1 atom stereocenters. The maximum Gasteiger partial charge on any atom is 0.255 e. The molecule has 1 amide bonds. The molecule has 9 nitrogen and oxygen atoms in total. The lowest BCUT2D eigenvalue weighted by Crippen LogP contribution is -2.34. The molecule has 2 aliphatic heterocycles. The zero-order valence-electron chi connectivity index (χ0n) is 20.5. The third kappa shape index (κ3) is 5.30. The number of fused-ring (bicyclic) bond motifs is 3. The predicted molar refractivity (Wildman–Crippen MR) is 136 cm³/mol. The Balaban J connectivity index is 1.65. The van der Waals surface area contributed by atoms with Gasteiger partial charge in [-0.15, -0.1) is 0 Å². The van der Waals surface area contributed by atoms with E-state index in [1.807, 2.05) is 12.1 Å². The first-order chi connectivity index (χ1) is 18.2. The fraction of sp³-hybridized carbons (Fsp3) is 0.333. The normalized spacial score (nSPS) is 19.1. The summed E-state index contributed by atoms with van der Waals surface area (Å²) in [5.41, 5.74) is 3.49. The van der Waals surface area contributed by atoms with Crippen molar-refractivity contribution in [3.8, 4) is 22.8 Å². The monoisotopic (exact) mass is 508 g/mol. The Labute approximate surface area is 214 Å². The molecule has 2 aliphatic rings. The highest BCUT2D eigenvalue weighted by Gasteiger charge is 2.33. The number of carbonyl (C=O) groups is 1. The molecule has 3 N–H and O–H groups in total. The van der Waals surface area contributed by atoms with Gasteiger partial charge in [0.05, 0.1) is 62.4 Å². The number of hydrogen-bond donors (Lipinski definition) is 3. The largest absolute Gasteiger partial charge is 0.492 e. The van der Waals surface area contributed by atoms with E-state index in [0.717, 1.165) is 5.69 Å². The number of benzene rings is 1. The SMILES string of the molecule is COc1c(F)cccc1Nc1c2[nH]c3c1C(=O)NCC3C/C=C\COCCOCCOc1cnccc1-2. The summed E-state index contributed by atoms with van der Waals surface area (Å²) >= 11 is 0. The third-order valence-corrected chi connectivity index (χ3v) is 6.32. The number of pyridine rings is 1. The van der Waals surface area contributed by atoms with Gasteiger partial charge < -0.3 is 34.6 Å². The molecule has 3 aromatic rings. The summed E-state index contributed by atoms with van der Waals surface area (Å²) in [5, 5.41) is 6.27. The number of hydrogen-bond acceptors (Lipinski definition) is 7. The topological polar surface area (TPSA) is 107 Å². The van der Waals surface area contributed by atoms with Crippen LogP contribution in [0.25, 0.3) is 11.3 Å². The summed E-state index contributed by atoms with van der Waals surface area (Å²) < 4.78 is 37.0. The van der Waals surface area contributed by atoms with Crippen molar-refractivity contribution in [1.82, 2.24) is 15.3 Å². The van der Waals surface area contributed by atoms with Gasteiger partial charge in [0.1, 0.15) is 12.4 Å². The average Bonchev–Trinajstić information content (AvgIpc) is 3.28. The Kier molecular flexibility index (Phi) is 7.67. The highest BCUT2D eigenvalue weighted by Crippen LogP contribution is 2.44. The smallest absolute Gasteiger partial charge is 0.255 e.